The van der Waals surface area contributed by atoms with Gasteiger partial charge >= 0.3 is 5.97 Å². The van der Waals surface area contributed by atoms with Crippen LogP contribution in [0.4, 0.5) is 0 Å². The number of methoxy groups -OCH3 is 1. The molecule has 1 N–H and O–H groups in total. The van der Waals surface area contributed by atoms with E-state index >= 15 is 0 Å². The molecule has 0 aliphatic heterocycles. The molecule has 0 radical (unpaired) electrons. The highest BCUT2D eigenvalue weighted by atomic mass is 79.9. The molecule has 0 aliphatic rings. The van der Waals surface area contributed by atoms with Gasteiger partial charge in [-0.1, -0.05) is 18.2 Å². The zero-order valence-corrected chi connectivity index (χ0v) is 13.4. The first kappa shape index (κ1) is 15.1. The summed E-state index contributed by atoms with van der Waals surface area (Å²) in [6.07, 6.45) is 0.981. The quantitative estimate of drug-likeness (QED) is 0.852. The Balaban J connectivity index is 2.18. The van der Waals surface area contributed by atoms with E-state index in [4.69, 9.17) is 4.74 Å². The highest BCUT2D eigenvalue weighted by molar-refractivity contribution is 9.10. The largest absolute Gasteiger partial charge is 0.496 e. The number of carboxylic acids is 1. The molecule has 1 unspecified atom stereocenters. The number of hydrogen-bond acceptors (Lipinski definition) is 3. The van der Waals surface area contributed by atoms with Crippen LogP contribution in [0.1, 0.15) is 10.4 Å². The number of benzene rings is 1. The lowest BCUT2D eigenvalue weighted by molar-refractivity contribution is -0.141. The van der Waals surface area contributed by atoms with E-state index in [1.807, 2.05) is 35.7 Å². The van der Waals surface area contributed by atoms with Crippen LogP contribution >= 0.6 is 27.3 Å². The first-order valence-corrected chi connectivity index (χ1v) is 7.85. The third kappa shape index (κ3) is 3.61. The van der Waals surface area contributed by atoms with Crippen molar-refractivity contribution in [3.63, 3.8) is 0 Å². The zero-order chi connectivity index (χ0) is 14.5. The molecule has 0 fully saturated rings. The maximum absolute atomic E-state index is 11.5. The van der Waals surface area contributed by atoms with Crippen LogP contribution in [-0.2, 0) is 17.6 Å². The number of rotatable bonds is 6. The second-order valence-corrected chi connectivity index (χ2v) is 6.30. The molecule has 0 spiro atoms. The molecule has 1 heterocycles. The van der Waals surface area contributed by atoms with Gasteiger partial charge in [-0.2, -0.15) is 0 Å². The maximum Gasteiger partial charge on any atom is 0.307 e. The lowest BCUT2D eigenvalue weighted by Crippen LogP contribution is -2.19. The lowest BCUT2D eigenvalue weighted by atomic mass is 9.95. The fourth-order valence-electron chi connectivity index (χ4n) is 2.08. The molecule has 0 saturated carbocycles. The number of thiophene rings is 1. The molecule has 0 saturated heterocycles. The standard InChI is InChI=1S/C15H15BrO3S/c1-19-13-5-3-2-4-10(13)8-11(15(17)18)9-14-12(16)6-7-20-14/h2-7,11H,8-9H2,1H3,(H,17,18). The van der Waals surface area contributed by atoms with Crippen molar-refractivity contribution in [3.8, 4) is 5.75 Å². The van der Waals surface area contributed by atoms with Gasteiger partial charge in [0.05, 0.1) is 13.0 Å². The summed E-state index contributed by atoms with van der Waals surface area (Å²) >= 11 is 5.02. The van der Waals surface area contributed by atoms with Crippen LogP contribution in [0.5, 0.6) is 5.75 Å². The Morgan fingerprint density at radius 2 is 2.10 bits per heavy atom. The van der Waals surface area contributed by atoms with E-state index in [1.54, 1.807) is 18.4 Å². The van der Waals surface area contributed by atoms with Crippen LogP contribution < -0.4 is 4.74 Å². The monoisotopic (exact) mass is 354 g/mol. The Bertz CT molecular complexity index is 594. The van der Waals surface area contributed by atoms with Crippen molar-refractivity contribution in [2.45, 2.75) is 12.8 Å². The number of aliphatic carboxylic acids is 1. The highest BCUT2D eigenvalue weighted by Gasteiger charge is 2.21. The smallest absolute Gasteiger partial charge is 0.307 e. The van der Waals surface area contributed by atoms with Crippen LogP contribution in [0.2, 0.25) is 0 Å². The Kier molecular flexibility index (Phi) is 5.20. The summed E-state index contributed by atoms with van der Waals surface area (Å²) in [6, 6.07) is 9.50. The number of carboxylic acid groups (broad SMARTS) is 1. The molecule has 0 aliphatic carbocycles. The van der Waals surface area contributed by atoms with Gasteiger partial charge < -0.3 is 9.84 Å². The molecular formula is C15H15BrO3S. The molecule has 5 heteroatoms. The molecule has 2 rings (SSSR count). The fourth-order valence-corrected chi connectivity index (χ4v) is 3.67. The Morgan fingerprint density at radius 1 is 1.35 bits per heavy atom. The summed E-state index contributed by atoms with van der Waals surface area (Å²) in [4.78, 5) is 12.6. The molecule has 1 aromatic carbocycles. The third-order valence-corrected chi connectivity index (χ3v) is 5.08. The molecule has 1 aromatic heterocycles. The minimum Gasteiger partial charge on any atom is -0.496 e. The topological polar surface area (TPSA) is 46.5 Å². The SMILES string of the molecule is COc1ccccc1CC(Cc1sccc1Br)C(=O)O. The highest BCUT2D eigenvalue weighted by Crippen LogP contribution is 2.28. The van der Waals surface area contributed by atoms with E-state index in [1.165, 1.54) is 0 Å². The summed E-state index contributed by atoms with van der Waals surface area (Å²) in [5.74, 6) is -0.499. The van der Waals surface area contributed by atoms with E-state index in [0.717, 1.165) is 20.7 Å². The fraction of sp³-hybridized carbons (Fsp3) is 0.267. The molecule has 0 bridgehead atoms. The normalized spacial score (nSPS) is 12.1. The second-order valence-electron chi connectivity index (χ2n) is 4.45. The predicted molar refractivity (Wildman–Crippen MR) is 83.5 cm³/mol. The molecule has 2 aromatic rings. The van der Waals surface area contributed by atoms with E-state index < -0.39 is 11.9 Å². The third-order valence-electron chi connectivity index (χ3n) is 3.13. The summed E-state index contributed by atoms with van der Waals surface area (Å²) < 4.78 is 6.27. The van der Waals surface area contributed by atoms with Gasteiger partial charge in [0, 0.05) is 9.35 Å². The summed E-state index contributed by atoms with van der Waals surface area (Å²) in [5, 5.41) is 11.4. The summed E-state index contributed by atoms with van der Waals surface area (Å²) in [6.45, 7) is 0. The van der Waals surface area contributed by atoms with Crippen LogP contribution in [0.15, 0.2) is 40.2 Å². The summed E-state index contributed by atoms with van der Waals surface area (Å²) in [7, 11) is 1.60. The Morgan fingerprint density at radius 3 is 2.70 bits per heavy atom. The number of ether oxygens (including phenoxy) is 1. The Labute approximate surface area is 130 Å². The van der Waals surface area contributed by atoms with E-state index in [0.29, 0.717) is 12.8 Å². The van der Waals surface area contributed by atoms with Crippen molar-refractivity contribution < 1.29 is 14.6 Å². The van der Waals surface area contributed by atoms with E-state index in [9.17, 15) is 9.90 Å². The Hall–Kier alpha value is -1.33. The van der Waals surface area contributed by atoms with Gasteiger partial charge in [-0.15, -0.1) is 11.3 Å². The predicted octanol–water partition coefficient (Wildman–Crippen LogP) is 4.01. The maximum atomic E-state index is 11.5. The number of hydrogen-bond donors (Lipinski definition) is 1. The van der Waals surface area contributed by atoms with E-state index in [2.05, 4.69) is 15.9 Å². The lowest BCUT2D eigenvalue weighted by Gasteiger charge is -2.14. The number of carbonyl (C=O) groups is 1. The molecule has 0 amide bonds. The molecule has 3 nitrogen and oxygen atoms in total. The second kappa shape index (κ2) is 6.90. The van der Waals surface area contributed by atoms with Crippen LogP contribution in [0.25, 0.3) is 0 Å². The summed E-state index contributed by atoms with van der Waals surface area (Å²) in [5.41, 5.74) is 0.926. The average Bonchev–Trinajstić information content (AvgIpc) is 2.84. The van der Waals surface area contributed by atoms with Crippen molar-refractivity contribution in [3.05, 3.63) is 50.6 Å². The van der Waals surface area contributed by atoms with Gasteiger partial charge in [0.15, 0.2) is 0 Å². The van der Waals surface area contributed by atoms with Crippen molar-refractivity contribution in [1.82, 2.24) is 0 Å². The molecule has 1 atom stereocenters. The van der Waals surface area contributed by atoms with Crippen LogP contribution in [-0.4, -0.2) is 18.2 Å². The van der Waals surface area contributed by atoms with Crippen LogP contribution in [0.3, 0.4) is 0 Å². The minimum absolute atomic E-state index is 0.457. The van der Waals surface area contributed by atoms with Gasteiger partial charge in [-0.05, 0) is 51.8 Å². The van der Waals surface area contributed by atoms with Gasteiger partial charge in [0.2, 0.25) is 0 Å². The average molecular weight is 355 g/mol. The zero-order valence-electron chi connectivity index (χ0n) is 11.0. The first-order chi connectivity index (χ1) is 9.61. The minimum atomic E-state index is -0.781. The van der Waals surface area contributed by atoms with Gasteiger partial charge in [-0.25, -0.2) is 0 Å². The molecular weight excluding hydrogens is 340 g/mol. The molecule has 106 valence electrons. The van der Waals surface area contributed by atoms with Crippen LogP contribution in [0, 0.1) is 5.92 Å². The van der Waals surface area contributed by atoms with Crippen molar-refractivity contribution in [2.24, 2.45) is 5.92 Å². The van der Waals surface area contributed by atoms with Crippen molar-refractivity contribution in [1.29, 1.82) is 0 Å². The number of halogens is 1. The van der Waals surface area contributed by atoms with Gasteiger partial charge in [-0.3, -0.25) is 4.79 Å². The molecule has 20 heavy (non-hydrogen) atoms. The van der Waals surface area contributed by atoms with E-state index in [-0.39, 0.29) is 0 Å². The van der Waals surface area contributed by atoms with Crippen molar-refractivity contribution >= 4 is 33.2 Å². The van der Waals surface area contributed by atoms with Gasteiger partial charge in [0.25, 0.3) is 0 Å². The van der Waals surface area contributed by atoms with Crippen molar-refractivity contribution in [2.75, 3.05) is 7.11 Å². The first-order valence-electron chi connectivity index (χ1n) is 6.18. The van der Waals surface area contributed by atoms with Gasteiger partial charge in [0.1, 0.15) is 5.75 Å². The number of para-hydroxylation sites is 1.